The highest BCUT2D eigenvalue weighted by atomic mass is 16.5. The Bertz CT molecular complexity index is 772. The zero-order valence-corrected chi connectivity index (χ0v) is 16.6. The number of ether oxygens (including phenoxy) is 1. The quantitative estimate of drug-likeness (QED) is 0.692. The average molecular weight is 384 g/mol. The number of hydrogen-bond donors (Lipinski definition) is 2. The van der Waals surface area contributed by atoms with Crippen LogP contribution in [0.25, 0.3) is 0 Å². The van der Waals surface area contributed by atoms with Crippen molar-refractivity contribution in [1.29, 1.82) is 0 Å². The van der Waals surface area contributed by atoms with E-state index >= 15 is 0 Å². The van der Waals surface area contributed by atoms with Gasteiger partial charge in [0.1, 0.15) is 12.4 Å². The molecule has 2 aromatic carbocycles. The van der Waals surface area contributed by atoms with Gasteiger partial charge in [-0.1, -0.05) is 42.0 Å². The molecule has 6 heteroatoms. The lowest BCUT2D eigenvalue weighted by Crippen LogP contribution is -2.43. The number of nitrogens with one attached hydrogen (secondary N) is 1. The van der Waals surface area contributed by atoms with Gasteiger partial charge in [-0.05, 0) is 43.5 Å². The highest BCUT2D eigenvalue weighted by molar-refractivity contribution is 5.75. The first kappa shape index (κ1) is 21.3. The number of amides is 2. The Morgan fingerprint density at radius 1 is 1.07 bits per heavy atom. The lowest BCUT2D eigenvalue weighted by atomic mass is 10.1. The third-order valence-electron chi connectivity index (χ3n) is 4.37. The van der Waals surface area contributed by atoms with Gasteiger partial charge in [0.2, 0.25) is 0 Å². The molecule has 0 aliphatic heterocycles. The Hall–Kier alpha value is -3.02. The van der Waals surface area contributed by atoms with Crippen LogP contribution in [0.4, 0.5) is 4.79 Å². The number of aryl methyl sites for hydroxylation is 1. The minimum atomic E-state index is -0.919. The summed E-state index contributed by atoms with van der Waals surface area (Å²) in [6, 6.07) is 15.7. The standard InChI is InChI=1S/C22H28N2O4/c1-16-4-6-19(7-5-16)15-28-20-10-8-18(9-11-20)14-17(2)23-22(27)24(3)13-12-21(25)26/h4-11,17H,12-15H2,1-3H3,(H,23,27)(H,25,26). The van der Waals surface area contributed by atoms with Gasteiger partial charge in [0.15, 0.2) is 0 Å². The molecule has 0 bridgehead atoms. The molecule has 1 atom stereocenters. The minimum Gasteiger partial charge on any atom is -0.489 e. The smallest absolute Gasteiger partial charge is 0.317 e. The molecule has 28 heavy (non-hydrogen) atoms. The van der Waals surface area contributed by atoms with E-state index in [0.29, 0.717) is 13.0 Å². The zero-order chi connectivity index (χ0) is 20.5. The van der Waals surface area contributed by atoms with Crippen LogP contribution in [0.15, 0.2) is 48.5 Å². The van der Waals surface area contributed by atoms with Crippen LogP contribution >= 0.6 is 0 Å². The largest absolute Gasteiger partial charge is 0.489 e. The van der Waals surface area contributed by atoms with E-state index in [1.54, 1.807) is 7.05 Å². The second-order valence-corrected chi connectivity index (χ2v) is 7.04. The van der Waals surface area contributed by atoms with Gasteiger partial charge in [-0.15, -0.1) is 0 Å². The number of carbonyl (C=O) groups excluding carboxylic acids is 1. The molecular weight excluding hydrogens is 356 g/mol. The van der Waals surface area contributed by atoms with Crippen molar-refractivity contribution in [2.24, 2.45) is 0 Å². The zero-order valence-electron chi connectivity index (χ0n) is 16.6. The third-order valence-corrected chi connectivity index (χ3v) is 4.37. The topological polar surface area (TPSA) is 78.9 Å². The van der Waals surface area contributed by atoms with Crippen molar-refractivity contribution in [2.45, 2.75) is 39.3 Å². The van der Waals surface area contributed by atoms with E-state index in [-0.39, 0.29) is 25.0 Å². The lowest BCUT2D eigenvalue weighted by molar-refractivity contribution is -0.137. The molecule has 150 valence electrons. The minimum absolute atomic E-state index is 0.0671. The van der Waals surface area contributed by atoms with Crippen LogP contribution in [0.2, 0.25) is 0 Å². The summed E-state index contributed by atoms with van der Waals surface area (Å²) in [6.07, 6.45) is 0.610. The maximum atomic E-state index is 12.1. The molecule has 0 aromatic heterocycles. The maximum absolute atomic E-state index is 12.1. The second-order valence-electron chi connectivity index (χ2n) is 7.04. The highest BCUT2D eigenvalue weighted by Crippen LogP contribution is 2.15. The second kappa shape index (κ2) is 10.3. The van der Waals surface area contributed by atoms with Gasteiger partial charge in [-0.2, -0.15) is 0 Å². The molecule has 0 fully saturated rings. The average Bonchev–Trinajstić information content (AvgIpc) is 2.66. The maximum Gasteiger partial charge on any atom is 0.317 e. The molecule has 6 nitrogen and oxygen atoms in total. The van der Waals surface area contributed by atoms with Crippen molar-refractivity contribution in [3.8, 4) is 5.75 Å². The van der Waals surface area contributed by atoms with Gasteiger partial charge in [0.25, 0.3) is 0 Å². The fourth-order valence-electron chi connectivity index (χ4n) is 2.66. The van der Waals surface area contributed by atoms with E-state index in [1.807, 2.05) is 31.2 Å². The molecule has 0 aliphatic rings. The molecule has 0 saturated heterocycles. The van der Waals surface area contributed by atoms with E-state index in [0.717, 1.165) is 16.9 Å². The normalized spacial score (nSPS) is 11.5. The summed E-state index contributed by atoms with van der Waals surface area (Å²) < 4.78 is 5.81. The predicted molar refractivity (Wildman–Crippen MR) is 109 cm³/mol. The summed E-state index contributed by atoms with van der Waals surface area (Å²) in [6.45, 7) is 4.68. The Kier molecular flexibility index (Phi) is 7.87. The summed E-state index contributed by atoms with van der Waals surface area (Å²) in [5.41, 5.74) is 3.43. The number of carbonyl (C=O) groups is 2. The summed E-state index contributed by atoms with van der Waals surface area (Å²) in [7, 11) is 1.59. The summed E-state index contributed by atoms with van der Waals surface area (Å²) in [5, 5.41) is 11.6. The molecule has 2 rings (SSSR count). The van der Waals surface area contributed by atoms with Crippen molar-refractivity contribution in [3.63, 3.8) is 0 Å². The first-order chi connectivity index (χ1) is 13.3. The molecule has 1 unspecified atom stereocenters. The number of benzene rings is 2. The molecule has 0 heterocycles. The van der Waals surface area contributed by atoms with Crippen LogP contribution in [0.1, 0.15) is 30.0 Å². The fraction of sp³-hybridized carbons (Fsp3) is 0.364. The van der Waals surface area contributed by atoms with Crippen LogP contribution in [-0.2, 0) is 17.8 Å². The van der Waals surface area contributed by atoms with Gasteiger partial charge in [-0.25, -0.2) is 4.79 Å². The monoisotopic (exact) mass is 384 g/mol. The van der Waals surface area contributed by atoms with Crippen molar-refractivity contribution < 1.29 is 19.4 Å². The van der Waals surface area contributed by atoms with Crippen LogP contribution in [0, 0.1) is 6.92 Å². The number of rotatable bonds is 9. The lowest BCUT2D eigenvalue weighted by Gasteiger charge is -2.21. The SMILES string of the molecule is Cc1ccc(COc2ccc(CC(C)NC(=O)N(C)CCC(=O)O)cc2)cc1. The molecule has 0 saturated carbocycles. The number of nitrogens with zero attached hydrogens (tertiary/aromatic N) is 1. The van der Waals surface area contributed by atoms with E-state index in [2.05, 4.69) is 36.5 Å². The first-order valence-electron chi connectivity index (χ1n) is 9.34. The predicted octanol–water partition coefficient (Wildman–Crippen LogP) is 3.62. The molecule has 2 aromatic rings. The number of aliphatic carboxylic acids is 1. The van der Waals surface area contributed by atoms with E-state index in [4.69, 9.17) is 9.84 Å². The van der Waals surface area contributed by atoms with E-state index < -0.39 is 5.97 Å². The number of carboxylic acids is 1. The Morgan fingerprint density at radius 2 is 1.68 bits per heavy atom. The van der Waals surface area contributed by atoms with Crippen molar-refractivity contribution in [1.82, 2.24) is 10.2 Å². The summed E-state index contributed by atoms with van der Waals surface area (Å²) >= 11 is 0. The van der Waals surface area contributed by atoms with Crippen molar-refractivity contribution >= 4 is 12.0 Å². The van der Waals surface area contributed by atoms with E-state index in [1.165, 1.54) is 10.5 Å². The molecule has 0 aliphatic carbocycles. The van der Waals surface area contributed by atoms with Crippen molar-refractivity contribution in [2.75, 3.05) is 13.6 Å². The van der Waals surface area contributed by atoms with Crippen LogP contribution < -0.4 is 10.1 Å². The fourth-order valence-corrected chi connectivity index (χ4v) is 2.66. The van der Waals surface area contributed by atoms with Crippen LogP contribution in [0.3, 0.4) is 0 Å². The molecular formula is C22H28N2O4. The highest BCUT2D eigenvalue weighted by Gasteiger charge is 2.13. The van der Waals surface area contributed by atoms with Gasteiger partial charge in [-0.3, -0.25) is 4.79 Å². The van der Waals surface area contributed by atoms with Gasteiger partial charge < -0.3 is 20.1 Å². The number of carboxylic acid groups (broad SMARTS) is 1. The Morgan fingerprint density at radius 3 is 2.29 bits per heavy atom. The van der Waals surface area contributed by atoms with Crippen molar-refractivity contribution in [3.05, 3.63) is 65.2 Å². The first-order valence-corrected chi connectivity index (χ1v) is 9.34. The molecule has 2 amide bonds. The van der Waals surface area contributed by atoms with Crippen LogP contribution in [0.5, 0.6) is 5.75 Å². The van der Waals surface area contributed by atoms with Crippen LogP contribution in [-0.4, -0.2) is 41.6 Å². The number of urea groups is 1. The molecule has 0 radical (unpaired) electrons. The summed E-state index contributed by atoms with van der Waals surface area (Å²) in [5.74, 6) is -0.119. The molecule has 0 spiro atoms. The van der Waals surface area contributed by atoms with Gasteiger partial charge in [0.05, 0.1) is 6.42 Å². The Balaban J connectivity index is 1.78. The summed E-state index contributed by atoms with van der Waals surface area (Å²) in [4.78, 5) is 24.0. The van der Waals surface area contributed by atoms with Gasteiger partial charge in [0, 0.05) is 19.6 Å². The Labute approximate surface area is 166 Å². The number of hydrogen-bond acceptors (Lipinski definition) is 3. The van der Waals surface area contributed by atoms with Gasteiger partial charge >= 0.3 is 12.0 Å². The van der Waals surface area contributed by atoms with E-state index in [9.17, 15) is 9.59 Å². The third kappa shape index (κ3) is 7.31. The molecule has 2 N–H and O–H groups in total.